The number of furan rings is 1. The van der Waals surface area contributed by atoms with Crippen molar-refractivity contribution in [3.05, 3.63) is 35.8 Å². The van der Waals surface area contributed by atoms with E-state index >= 15 is 0 Å². The summed E-state index contributed by atoms with van der Waals surface area (Å²) in [5, 5.41) is 10.5. The molecule has 0 aliphatic carbocycles. The predicted octanol–water partition coefficient (Wildman–Crippen LogP) is 2.80. The van der Waals surface area contributed by atoms with Crippen molar-refractivity contribution >= 4 is 11.0 Å². The van der Waals surface area contributed by atoms with Crippen molar-refractivity contribution in [1.82, 2.24) is 0 Å². The number of benzene rings is 1. The molecule has 2 aromatic rings. The van der Waals surface area contributed by atoms with Crippen molar-refractivity contribution < 1.29 is 13.9 Å². The molecule has 0 aliphatic heterocycles. The van der Waals surface area contributed by atoms with Crippen LogP contribution in [0.15, 0.2) is 28.9 Å². The van der Waals surface area contributed by atoms with Crippen molar-refractivity contribution in [2.45, 2.75) is 19.4 Å². The highest BCUT2D eigenvalue weighted by atomic mass is 19.1. The van der Waals surface area contributed by atoms with Gasteiger partial charge in [0.05, 0.1) is 11.9 Å². The van der Waals surface area contributed by atoms with Gasteiger partial charge in [0.1, 0.15) is 11.4 Å². The van der Waals surface area contributed by atoms with Crippen LogP contribution in [-0.4, -0.2) is 5.11 Å². The number of hydrogen-bond donors (Lipinski definition) is 1. The Hall–Kier alpha value is -1.35. The summed E-state index contributed by atoms with van der Waals surface area (Å²) in [5.74, 6) is -0.444. The summed E-state index contributed by atoms with van der Waals surface area (Å²) in [6.07, 6.45) is 1.50. The first-order valence-corrected chi connectivity index (χ1v) is 4.38. The fraction of sp³-hybridized carbons (Fsp3) is 0.273. The molecule has 1 N–H and O–H groups in total. The van der Waals surface area contributed by atoms with E-state index in [2.05, 4.69) is 0 Å². The summed E-state index contributed by atoms with van der Waals surface area (Å²) in [4.78, 5) is 0. The summed E-state index contributed by atoms with van der Waals surface area (Å²) in [7, 11) is 0. The van der Waals surface area contributed by atoms with Crippen LogP contribution in [0.2, 0.25) is 0 Å². The van der Waals surface area contributed by atoms with Crippen molar-refractivity contribution in [3.8, 4) is 0 Å². The first-order chi connectivity index (χ1) is 6.48. The summed E-state index contributed by atoms with van der Waals surface area (Å²) in [6, 6.07) is 4.64. The average Bonchev–Trinajstić information content (AvgIpc) is 2.47. The van der Waals surface area contributed by atoms with Crippen LogP contribution in [0.1, 0.15) is 19.4 Å². The van der Waals surface area contributed by atoms with Crippen LogP contribution in [0.25, 0.3) is 11.0 Å². The Labute approximate surface area is 81.0 Å². The summed E-state index contributed by atoms with van der Waals surface area (Å²) >= 11 is 0. The molecule has 2 nitrogen and oxygen atoms in total. The molecule has 1 aromatic carbocycles. The zero-order valence-corrected chi connectivity index (χ0v) is 8.04. The van der Waals surface area contributed by atoms with Gasteiger partial charge in [0, 0.05) is 17.0 Å². The van der Waals surface area contributed by atoms with Gasteiger partial charge in [0.15, 0.2) is 0 Å². The Bertz CT molecular complexity index is 466. The summed E-state index contributed by atoms with van der Waals surface area (Å²) in [5.41, 5.74) is -0.392. The molecule has 0 radical (unpaired) electrons. The van der Waals surface area contributed by atoms with Crippen molar-refractivity contribution in [1.29, 1.82) is 0 Å². The summed E-state index contributed by atoms with van der Waals surface area (Å²) < 4.78 is 18.5. The number of aliphatic hydroxyl groups is 1. The highest BCUT2D eigenvalue weighted by molar-refractivity contribution is 5.78. The van der Waals surface area contributed by atoms with Gasteiger partial charge in [-0.2, -0.15) is 0 Å². The lowest BCUT2D eigenvalue weighted by atomic mass is 9.97. The standard InChI is InChI=1S/C11H11FO2/c1-11(2,13)8-5-7-3-4-14-10(7)6-9(8)12/h3-6,13H,1-2H3. The monoisotopic (exact) mass is 194 g/mol. The number of rotatable bonds is 1. The van der Waals surface area contributed by atoms with E-state index in [-0.39, 0.29) is 5.56 Å². The molecule has 0 unspecified atom stereocenters. The van der Waals surface area contributed by atoms with Gasteiger partial charge >= 0.3 is 0 Å². The molecule has 0 fully saturated rings. The van der Waals surface area contributed by atoms with Gasteiger partial charge in [0.2, 0.25) is 0 Å². The molecule has 0 saturated heterocycles. The molecular formula is C11H11FO2. The Kier molecular flexibility index (Phi) is 1.86. The van der Waals surface area contributed by atoms with Gasteiger partial charge in [0.25, 0.3) is 0 Å². The first kappa shape index (κ1) is 9.21. The van der Waals surface area contributed by atoms with Gasteiger partial charge < -0.3 is 9.52 Å². The second-order valence-electron chi connectivity index (χ2n) is 3.85. The maximum atomic E-state index is 13.5. The minimum atomic E-state index is -1.17. The van der Waals surface area contributed by atoms with Crippen LogP contribution >= 0.6 is 0 Å². The van der Waals surface area contributed by atoms with Crippen LogP contribution in [0.5, 0.6) is 0 Å². The Balaban J connectivity index is 2.71. The van der Waals surface area contributed by atoms with Crippen LogP contribution in [0.4, 0.5) is 4.39 Å². The molecule has 3 heteroatoms. The lowest BCUT2D eigenvalue weighted by molar-refractivity contribution is 0.0747. The average molecular weight is 194 g/mol. The van der Waals surface area contributed by atoms with Crippen LogP contribution < -0.4 is 0 Å². The lowest BCUT2D eigenvalue weighted by Gasteiger charge is -2.18. The van der Waals surface area contributed by atoms with Crippen molar-refractivity contribution in [3.63, 3.8) is 0 Å². The molecule has 0 bridgehead atoms. The van der Waals surface area contributed by atoms with E-state index < -0.39 is 11.4 Å². The third-order valence-corrected chi connectivity index (χ3v) is 2.20. The lowest BCUT2D eigenvalue weighted by Crippen LogP contribution is -2.17. The van der Waals surface area contributed by atoms with E-state index in [1.807, 2.05) is 0 Å². The fourth-order valence-electron chi connectivity index (χ4n) is 1.45. The first-order valence-electron chi connectivity index (χ1n) is 4.38. The molecule has 2 rings (SSSR count). The Morgan fingerprint density at radius 3 is 2.71 bits per heavy atom. The van der Waals surface area contributed by atoms with Gasteiger partial charge in [-0.1, -0.05) is 0 Å². The third kappa shape index (κ3) is 1.40. The Morgan fingerprint density at radius 1 is 1.36 bits per heavy atom. The smallest absolute Gasteiger partial charge is 0.136 e. The zero-order valence-electron chi connectivity index (χ0n) is 8.04. The largest absolute Gasteiger partial charge is 0.464 e. The number of halogens is 1. The minimum absolute atomic E-state index is 0.284. The second-order valence-corrected chi connectivity index (χ2v) is 3.85. The second kappa shape index (κ2) is 2.82. The van der Waals surface area contributed by atoms with Gasteiger partial charge in [-0.25, -0.2) is 4.39 Å². The highest BCUT2D eigenvalue weighted by Crippen LogP contribution is 2.27. The predicted molar refractivity (Wildman–Crippen MR) is 51.4 cm³/mol. The molecule has 0 saturated carbocycles. The molecular weight excluding hydrogens is 183 g/mol. The Morgan fingerprint density at radius 2 is 2.07 bits per heavy atom. The van der Waals surface area contributed by atoms with Gasteiger partial charge in [-0.3, -0.25) is 0 Å². The molecule has 0 atom stereocenters. The molecule has 0 aliphatic rings. The normalized spacial score (nSPS) is 12.3. The molecule has 1 heterocycles. The molecule has 0 amide bonds. The molecule has 74 valence electrons. The van der Waals surface area contributed by atoms with E-state index in [1.165, 1.54) is 12.3 Å². The van der Waals surface area contributed by atoms with Gasteiger partial charge in [-0.05, 0) is 26.0 Å². The quantitative estimate of drug-likeness (QED) is 0.757. The van der Waals surface area contributed by atoms with E-state index in [0.29, 0.717) is 5.58 Å². The minimum Gasteiger partial charge on any atom is -0.464 e. The fourth-order valence-corrected chi connectivity index (χ4v) is 1.45. The number of fused-ring (bicyclic) bond motifs is 1. The van der Waals surface area contributed by atoms with Crippen molar-refractivity contribution in [2.75, 3.05) is 0 Å². The topological polar surface area (TPSA) is 33.4 Å². The van der Waals surface area contributed by atoms with E-state index in [0.717, 1.165) is 5.39 Å². The van der Waals surface area contributed by atoms with E-state index in [4.69, 9.17) is 4.42 Å². The van der Waals surface area contributed by atoms with Crippen LogP contribution in [-0.2, 0) is 5.60 Å². The number of hydrogen-bond acceptors (Lipinski definition) is 2. The van der Waals surface area contributed by atoms with Crippen LogP contribution in [0.3, 0.4) is 0 Å². The van der Waals surface area contributed by atoms with Crippen LogP contribution in [0, 0.1) is 5.82 Å². The molecule has 14 heavy (non-hydrogen) atoms. The maximum Gasteiger partial charge on any atom is 0.136 e. The van der Waals surface area contributed by atoms with Gasteiger partial charge in [-0.15, -0.1) is 0 Å². The van der Waals surface area contributed by atoms with Crippen molar-refractivity contribution in [2.24, 2.45) is 0 Å². The zero-order chi connectivity index (χ0) is 10.3. The highest BCUT2D eigenvalue weighted by Gasteiger charge is 2.21. The molecule has 1 aromatic heterocycles. The SMILES string of the molecule is CC(C)(O)c1cc2ccoc2cc1F. The third-order valence-electron chi connectivity index (χ3n) is 2.20. The maximum absolute atomic E-state index is 13.5. The summed E-state index contributed by atoms with van der Waals surface area (Å²) in [6.45, 7) is 3.11. The van der Waals surface area contributed by atoms with E-state index in [1.54, 1.807) is 26.0 Å². The molecule has 0 spiro atoms. The van der Waals surface area contributed by atoms with E-state index in [9.17, 15) is 9.50 Å².